The van der Waals surface area contributed by atoms with Crippen molar-refractivity contribution in [2.45, 2.75) is 26.7 Å². The number of rotatable bonds is 6. The highest BCUT2D eigenvalue weighted by molar-refractivity contribution is 4.88. The minimum atomic E-state index is 0.794. The molecule has 0 fully saturated rings. The summed E-state index contributed by atoms with van der Waals surface area (Å²) in [5.74, 6) is 0. The van der Waals surface area contributed by atoms with E-state index in [1.165, 1.54) is 11.1 Å². The van der Waals surface area contributed by atoms with E-state index in [-0.39, 0.29) is 0 Å². The van der Waals surface area contributed by atoms with Crippen LogP contribution in [0.2, 0.25) is 0 Å². The molecular formula is C10H18O. The second-order valence-corrected chi connectivity index (χ2v) is 3.03. The fourth-order valence-corrected chi connectivity index (χ4v) is 0.595. The van der Waals surface area contributed by atoms with Gasteiger partial charge in [-0.2, -0.15) is 0 Å². The van der Waals surface area contributed by atoms with Crippen molar-refractivity contribution in [1.82, 2.24) is 0 Å². The molecule has 11 heavy (non-hydrogen) atoms. The zero-order valence-electron chi connectivity index (χ0n) is 7.65. The second kappa shape index (κ2) is 6.17. The lowest BCUT2D eigenvalue weighted by atomic mass is 10.2. The van der Waals surface area contributed by atoms with Crippen LogP contribution in [0.5, 0.6) is 0 Å². The van der Waals surface area contributed by atoms with Crippen LogP contribution in [-0.2, 0) is 4.74 Å². The Morgan fingerprint density at radius 3 is 1.64 bits per heavy atom. The SMILES string of the molecule is C=C(C)CCOCCC(=C)C. The monoisotopic (exact) mass is 154 g/mol. The van der Waals surface area contributed by atoms with Gasteiger partial charge in [-0.15, -0.1) is 13.2 Å². The lowest BCUT2D eigenvalue weighted by Gasteiger charge is -2.02. The van der Waals surface area contributed by atoms with E-state index in [1.807, 2.05) is 13.8 Å². The molecule has 0 radical (unpaired) electrons. The molecule has 0 aromatic rings. The summed E-state index contributed by atoms with van der Waals surface area (Å²) in [4.78, 5) is 0. The molecule has 1 heteroatoms. The van der Waals surface area contributed by atoms with Crippen LogP contribution >= 0.6 is 0 Å². The summed E-state index contributed by atoms with van der Waals surface area (Å²) < 4.78 is 5.33. The minimum absolute atomic E-state index is 0.794. The van der Waals surface area contributed by atoms with Crippen LogP contribution in [-0.4, -0.2) is 13.2 Å². The molecule has 0 saturated carbocycles. The maximum atomic E-state index is 5.33. The minimum Gasteiger partial charge on any atom is -0.381 e. The number of ether oxygens (including phenoxy) is 1. The summed E-state index contributed by atoms with van der Waals surface area (Å²) in [6.45, 7) is 13.2. The van der Waals surface area contributed by atoms with Gasteiger partial charge in [-0.25, -0.2) is 0 Å². The summed E-state index contributed by atoms with van der Waals surface area (Å²) in [6.07, 6.45) is 1.94. The molecule has 0 unspecified atom stereocenters. The molecule has 0 atom stereocenters. The Morgan fingerprint density at radius 2 is 1.36 bits per heavy atom. The first-order chi connectivity index (χ1) is 5.13. The first-order valence-electron chi connectivity index (χ1n) is 3.99. The van der Waals surface area contributed by atoms with E-state index in [0.717, 1.165) is 26.1 Å². The average Bonchev–Trinajstić information content (AvgIpc) is 1.85. The maximum Gasteiger partial charge on any atom is 0.0503 e. The van der Waals surface area contributed by atoms with Crippen molar-refractivity contribution in [1.29, 1.82) is 0 Å². The molecule has 0 rings (SSSR count). The van der Waals surface area contributed by atoms with E-state index in [1.54, 1.807) is 0 Å². The van der Waals surface area contributed by atoms with Crippen LogP contribution in [0.25, 0.3) is 0 Å². The summed E-state index contributed by atoms with van der Waals surface area (Å²) in [5, 5.41) is 0. The molecule has 0 amide bonds. The fraction of sp³-hybridized carbons (Fsp3) is 0.600. The van der Waals surface area contributed by atoms with Crippen molar-refractivity contribution >= 4 is 0 Å². The van der Waals surface area contributed by atoms with Crippen molar-refractivity contribution < 1.29 is 4.74 Å². The van der Waals surface area contributed by atoms with Crippen molar-refractivity contribution in [3.63, 3.8) is 0 Å². The van der Waals surface area contributed by atoms with Gasteiger partial charge in [0.15, 0.2) is 0 Å². The summed E-state index contributed by atoms with van der Waals surface area (Å²) in [7, 11) is 0. The van der Waals surface area contributed by atoms with Crippen LogP contribution in [0, 0.1) is 0 Å². The Balaban J connectivity index is 3.03. The van der Waals surface area contributed by atoms with Crippen molar-refractivity contribution in [2.24, 2.45) is 0 Å². The zero-order valence-corrected chi connectivity index (χ0v) is 7.65. The first-order valence-corrected chi connectivity index (χ1v) is 3.99. The smallest absolute Gasteiger partial charge is 0.0503 e. The molecule has 0 spiro atoms. The maximum absolute atomic E-state index is 5.33. The van der Waals surface area contributed by atoms with Gasteiger partial charge < -0.3 is 4.74 Å². The van der Waals surface area contributed by atoms with Gasteiger partial charge in [-0.3, -0.25) is 0 Å². The van der Waals surface area contributed by atoms with E-state index in [0.29, 0.717) is 0 Å². The third-order valence-electron chi connectivity index (χ3n) is 1.35. The summed E-state index contributed by atoms with van der Waals surface area (Å²) in [6, 6.07) is 0. The highest BCUT2D eigenvalue weighted by Crippen LogP contribution is 1.98. The highest BCUT2D eigenvalue weighted by atomic mass is 16.5. The lowest BCUT2D eigenvalue weighted by molar-refractivity contribution is 0.140. The van der Waals surface area contributed by atoms with E-state index >= 15 is 0 Å². The predicted octanol–water partition coefficient (Wildman–Crippen LogP) is 2.94. The summed E-state index contributed by atoms with van der Waals surface area (Å²) >= 11 is 0. The molecule has 0 bridgehead atoms. The standard InChI is InChI=1S/C10H18O/c1-9(2)5-7-11-8-6-10(3)4/h1,3,5-8H2,2,4H3. The van der Waals surface area contributed by atoms with Gasteiger partial charge in [0.1, 0.15) is 0 Å². The van der Waals surface area contributed by atoms with Gasteiger partial charge in [0.25, 0.3) is 0 Å². The molecule has 0 aromatic carbocycles. The lowest BCUT2D eigenvalue weighted by Crippen LogP contribution is -1.97. The molecule has 0 saturated heterocycles. The molecule has 0 N–H and O–H groups in total. The average molecular weight is 154 g/mol. The molecule has 1 nitrogen and oxygen atoms in total. The van der Waals surface area contributed by atoms with Crippen LogP contribution in [0.1, 0.15) is 26.7 Å². The van der Waals surface area contributed by atoms with Crippen LogP contribution in [0.3, 0.4) is 0 Å². The Bertz CT molecular complexity index is 120. The fourth-order valence-electron chi connectivity index (χ4n) is 0.595. The zero-order chi connectivity index (χ0) is 8.69. The van der Waals surface area contributed by atoms with Crippen LogP contribution in [0.4, 0.5) is 0 Å². The highest BCUT2D eigenvalue weighted by Gasteiger charge is 1.89. The Morgan fingerprint density at radius 1 is 1.00 bits per heavy atom. The largest absolute Gasteiger partial charge is 0.381 e. The topological polar surface area (TPSA) is 9.23 Å². The van der Waals surface area contributed by atoms with Gasteiger partial charge in [-0.1, -0.05) is 11.1 Å². The molecule has 0 aliphatic rings. The van der Waals surface area contributed by atoms with Crippen molar-refractivity contribution in [2.75, 3.05) is 13.2 Å². The normalized spacial score (nSPS) is 9.64. The first kappa shape index (κ1) is 10.4. The third-order valence-corrected chi connectivity index (χ3v) is 1.35. The van der Waals surface area contributed by atoms with E-state index < -0.39 is 0 Å². The molecule has 64 valence electrons. The molecular weight excluding hydrogens is 136 g/mol. The summed E-state index contributed by atoms with van der Waals surface area (Å²) in [5.41, 5.74) is 2.36. The van der Waals surface area contributed by atoms with E-state index in [4.69, 9.17) is 4.74 Å². The Hall–Kier alpha value is -0.560. The van der Waals surface area contributed by atoms with Crippen molar-refractivity contribution in [3.8, 4) is 0 Å². The van der Waals surface area contributed by atoms with Gasteiger partial charge in [0.05, 0.1) is 13.2 Å². The molecule has 0 aromatic heterocycles. The van der Waals surface area contributed by atoms with Crippen LogP contribution in [0.15, 0.2) is 24.3 Å². The number of hydrogen-bond acceptors (Lipinski definition) is 1. The van der Waals surface area contributed by atoms with Crippen molar-refractivity contribution in [3.05, 3.63) is 24.3 Å². The molecule has 0 aliphatic carbocycles. The van der Waals surface area contributed by atoms with E-state index in [2.05, 4.69) is 13.2 Å². The third kappa shape index (κ3) is 9.44. The molecule has 0 aliphatic heterocycles. The van der Waals surface area contributed by atoms with E-state index in [9.17, 15) is 0 Å². The Labute approximate surface area is 69.8 Å². The van der Waals surface area contributed by atoms with Gasteiger partial charge >= 0.3 is 0 Å². The van der Waals surface area contributed by atoms with Gasteiger partial charge in [0.2, 0.25) is 0 Å². The van der Waals surface area contributed by atoms with Gasteiger partial charge in [-0.05, 0) is 26.7 Å². The quantitative estimate of drug-likeness (QED) is 0.422. The second-order valence-electron chi connectivity index (χ2n) is 3.03. The Kier molecular flexibility index (Phi) is 5.86. The van der Waals surface area contributed by atoms with Gasteiger partial charge in [0, 0.05) is 0 Å². The number of hydrogen-bond donors (Lipinski definition) is 0. The van der Waals surface area contributed by atoms with Crippen LogP contribution < -0.4 is 0 Å². The molecule has 0 heterocycles. The predicted molar refractivity (Wildman–Crippen MR) is 49.7 cm³/mol.